The summed E-state index contributed by atoms with van der Waals surface area (Å²) in [5.41, 5.74) is 11.6. The summed E-state index contributed by atoms with van der Waals surface area (Å²) in [6.07, 6.45) is 0.984. The highest BCUT2D eigenvalue weighted by Crippen LogP contribution is 2.24. The lowest BCUT2D eigenvalue weighted by atomic mass is 10.0. The van der Waals surface area contributed by atoms with E-state index in [0.29, 0.717) is 6.54 Å². The number of fused-ring (bicyclic) bond motifs is 1. The minimum atomic E-state index is 0. The molecule has 0 spiro atoms. The van der Waals surface area contributed by atoms with Gasteiger partial charge in [0.25, 0.3) is 0 Å². The van der Waals surface area contributed by atoms with Gasteiger partial charge in [0, 0.05) is 37.2 Å². The molecule has 126 valence electrons. The molecular weight excluding hydrogens is 331 g/mol. The highest BCUT2D eigenvalue weighted by atomic mass is 35.5. The van der Waals surface area contributed by atoms with E-state index in [2.05, 4.69) is 43.0 Å². The van der Waals surface area contributed by atoms with Crippen LogP contribution in [0.25, 0.3) is 11.4 Å². The van der Waals surface area contributed by atoms with Crippen molar-refractivity contribution in [1.29, 1.82) is 0 Å². The highest BCUT2D eigenvalue weighted by molar-refractivity contribution is 5.85. The van der Waals surface area contributed by atoms with Gasteiger partial charge in [0.2, 0.25) is 0 Å². The van der Waals surface area contributed by atoms with Crippen molar-refractivity contribution in [2.24, 2.45) is 5.73 Å². The first kappa shape index (κ1) is 19.8. The fourth-order valence-corrected chi connectivity index (χ4v) is 2.81. The molecule has 0 saturated heterocycles. The molecule has 2 N–H and O–H groups in total. The lowest BCUT2D eigenvalue weighted by Crippen LogP contribution is -2.32. The molecule has 1 aliphatic rings. The maximum absolute atomic E-state index is 5.92. The lowest BCUT2D eigenvalue weighted by molar-refractivity contribution is 0.264. The molecule has 0 fully saturated rings. The first-order valence-corrected chi connectivity index (χ1v) is 7.59. The van der Waals surface area contributed by atoms with Crippen molar-refractivity contribution in [2.45, 2.75) is 33.4 Å². The number of likely N-dealkylation sites (N-methyl/N-ethyl adjacent to an activating group) is 1. The van der Waals surface area contributed by atoms with Crippen molar-refractivity contribution in [3.63, 3.8) is 0 Å². The Morgan fingerprint density at radius 2 is 1.83 bits per heavy atom. The Labute approximate surface area is 150 Å². The molecule has 1 aliphatic heterocycles. The van der Waals surface area contributed by atoms with E-state index < -0.39 is 0 Å². The van der Waals surface area contributed by atoms with Crippen LogP contribution in [0.1, 0.15) is 29.4 Å². The van der Waals surface area contributed by atoms with Gasteiger partial charge in [-0.1, -0.05) is 36.8 Å². The van der Waals surface area contributed by atoms with Crippen LogP contribution < -0.4 is 5.73 Å². The summed E-state index contributed by atoms with van der Waals surface area (Å²) in [4.78, 5) is 11.9. The molecule has 1 aromatic heterocycles. The Morgan fingerprint density at radius 1 is 1.13 bits per heavy atom. The SMILES string of the molecule is CCN1CCc2nc(-c3ccc(C)cc3)nc(CN)c2C1.Cl.Cl. The molecule has 3 rings (SSSR count). The van der Waals surface area contributed by atoms with Crippen LogP contribution in [-0.4, -0.2) is 28.0 Å². The number of hydrogen-bond acceptors (Lipinski definition) is 4. The summed E-state index contributed by atoms with van der Waals surface area (Å²) in [5.74, 6) is 0.805. The van der Waals surface area contributed by atoms with Gasteiger partial charge in [-0.3, -0.25) is 4.90 Å². The van der Waals surface area contributed by atoms with E-state index in [1.54, 1.807) is 0 Å². The number of halogens is 2. The molecule has 2 heterocycles. The van der Waals surface area contributed by atoms with Crippen LogP contribution >= 0.6 is 24.8 Å². The Balaban J connectivity index is 0.00000132. The predicted octanol–water partition coefficient (Wildman–Crippen LogP) is 3.13. The predicted molar refractivity (Wildman–Crippen MR) is 99.2 cm³/mol. The molecule has 23 heavy (non-hydrogen) atoms. The average Bonchev–Trinajstić information content (AvgIpc) is 2.54. The molecule has 4 nitrogen and oxygen atoms in total. The zero-order valence-corrected chi connectivity index (χ0v) is 15.2. The number of nitrogens with zero attached hydrogens (tertiary/aromatic N) is 3. The Kier molecular flexibility index (Phi) is 7.42. The normalized spacial score (nSPS) is 13.7. The van der Waals surface area contributed by atoms with Crippen LogP contribution in [0, 0.1) is 6.92 Å². The molecule has 2 aromatic rings. The Morgan fingerprint density at radius 3 is 2.43 bits per heavy atom. The van der Waals surface area contributed by atoms with E-state index in [4.69, 9.17) is 15.7 Å². The highest BCUT2D eigenvalue weighted by Gasteiger charge is 2.21. The number of aryl methyl sites for hydroxylation is 1. The Bertz CT molecular complexity index is 627. The third kappa shape index (κ3) is 4.21. The summed E-state index contributed by atoms with van der Waals surface area (Å²) in [5, 5.41) is 0. The van der Waals surface area contributed by atoms with Gasteiger partial charge >= 0.3 is 0 Å². The van der Waals surface area contributed by atoms with Gasteiger partial charge in [0.05, 0.1) is 11.4 Å². The molecule has 0 unspecified atom stereocenters. The zero-order chi connectivity index (χ0) is 14.8. The van der Waals surface area contributed by atoms with Crippen molar-refractivity contribution in [1.82, 2.24) is 14.9 Å². The monoisotopic (exact) mass is 354 g/mol. The molecule has 0 atom stereocenters. The summed E-state index contributed by atoms with van der Waals surface area (Å²) < 4.78 is 0. The fourth-order valence-electron chi connectivity index (χ4n) is 2.81. The summed E-state index contributed by atoms with van der Waals surface area (Å²) in [7, 11) is 0. The average molecular weight is 355 g/mol. The van der Waals surface area contributed by atoms with E-state index in [-0.39, 0.29) is 24.8 Å². The zero-order valence-electron chi connectivity index (χ0n) is 13.6. The number of rotatable bonds is 3. The van der Waals surface area contributed by atoms with Crippen molar-refractivity contribution in [2.75, 3.05) is 13.1 Å². The molecule has 0 amide bonds. The van der Waals surface area contributed by atoms with Gasteiger partial charge in [0.1, 0.15) is 0 Å². The number of aromatic nitrogens is 2. The van der Waals surface area contributed by atoms with E-state index >= 15 is 0 Å². The van der Waals surface area contributed by atoms with E-state index in [1.165, 1.54) is 16.8 Å². The van der Waals surface area contributed by atoms with Gasteiger partial charge in [-0.2, -0.15) is 0 Å². The van der Waals surface area contributed by atoms with E-state index in [1.807, 2.05) is 0 Å². The van der Waals surface area contributed by atoms with Crippen LogP contribution in [0.2, 0.25) is 0 Å². The number of hydrogen-bond donors (Lipinski definition) is 1. The third-order valence-corrected chi connectivity index (χ3v) is 4.18. The molecule has 0 radical (unpaired) electrons. The molecule has 1 aromatic carbocycles. The van der Waals surface area contributed by atoms with Crippen molar-refractivity contribution in [3.05, 3.63) is 46.8 Å². The first-order valence-electron chi connectivity index (χ1n) is 7.59. The van der Waals surface area contributed by atoms with Crippen LogP contribution in [-0.2, 0) is 19.5 Å². The van der Waals surface area contributed by atoms with Crippen LogP contribution in [0.4, 0.5) is 0 Å². The van der Waals surface area contributed by atoms with Gasteiger partial charge in [-0.05, 0) is 13.5 Å². The standard InChI is InChI=1S/C17H22N4.2ClH/c1-3-21-9-8-15-14(11-21)16(10-18)20-17(19-15)13-6-4-12(2)5-7-13;;/h4-7H,3,8-11,18H2,1-2H3;2*1H. The molecule has 6 heteroatoms. The minimum Gasteiger partial charge on any atom is -0.325 e. The molecule has 0 aliphatic carbocycles. The van der Waals surface area contributed by atoms with Gasteiger partial charge in [-0.15, -0.1) is 24.8 Å². The molecule has 0 saturated carbocycles. The van der Waals surface area contributed by atoms with Gasteiger partial charge < -0.3 is 5.73 Å². The topological polar surface area (TPSA) is 55.0 Å². The number of nitrogens with two attached hydrogens (primary N) is 1. The van der Waals surface area contributed by atoms with Gasteiger partial charge in [-0.25, -0.2) is 9.97 Å². The fraction of sp³-hybridized carbons (Fsp3) is 0.412. The maximum Gasteiger partial charge on any atom is 0.159 e. The minimum absolute atomic E-state index is 0. The van der Waals surface area contributed by atoms with Crippen LogP contribution in [0.5, 0.6) is 0 Å². The van der Waals surface area contributed by atoms with Crippen LogP contribution in [0.15, 0.2) is 24.3 Å². The van der Waals surface area contributed by atoms with Crippen molar-refractivity contribution < 1.29 is 0 Å². The summed E-state index contributed by atoms with van der Waals surface area (Å²) >= 11 is 0. The van der Waals surface area contributed by atoms with Crippen molar-refractivity contribution >= 4 is 24.8 Å². The largest absolute Gasteiger partial charge is 0.325 e. The van der Waals surface area contributed by atoms with E-state index in [0.717, 1.165) is 43.1 Å². The second kappa shape index (κ2) is 8.60. The second-order valence-corrected chi connectivity index (χ2v) is 5.61. The van der Waals surface area contributed by atoms with Crippen molar-refractivity contribution in [3.8, 4) is 11.4 Å². The summed E-state index contributed by atoms with van der Waals surface area (Å²) in [6.45, 7) is 7.80. The molecule has 0 bridgehead atoms. The maximum atomic E-state index is 5.92. The summed E-state index contributed by atoms with van der Waals surface area (Å²) in [6, 6.07) is 8.36. The quantitative estimate of drug-likeness (QED) is 0.919. The Hall–Kier alpha value is -1.20. The molecular formula is C17H24Cl2N4. The van der Waals surface area contributed by atoms with Gasteiger partial charge in [0.15, 0.2) is 5.82 Å². The lowest BCUT2D eigenvalue weighted by Gasteiger charge is -2.28. The number of benzene rings is 1. The smallest absolute Gasteiger partial charge is 0.159 e. The first-order chi connectivity index (χ1) is 10.2. The third-order valence-electron chi connectivity index (χ3n) is 4.18. The van der Waals surface area contributed by atoms with E-state index in [9.17, 15) is 0 Å². The second-order valence-electron chi connectivity index (χ2n) is 5.61. The van der Waals surface area contributed by atoms with Crippen LogP contribution in [0.3, 0.4) is 0 Å².